The summed E-state index contributed by atoms with van der Waals surface area (Å²) in [6.45, 7) is 1.65. The van der Waals surface area contributed by atoms with Crippen molar-refractivity contribution >= 4 is 39.4 Å². The summed E-state index contributed by atoms with van der Waals surface area (Å²) in [4.78, 5) is 33.0. The number of nitrogens with two attached hydrogens (primary N) is 1. The second-order valence-corrected chi connectivity index (χ2v) is 13.8. The van der Waals surface area contributed by atoms with Crippen LogP contribution in [0, 0.1) is 11.8 Å². The Morgan fingerprint density at radius 3 is 2.61 bits per heavy atom. The summed E-state index contributed by atoms with van der Waals surface area (Å²) in [6.07, 6.45) is 5.85. The Morgan fingerprint density at radius 2 is 1.85 bits per heavy atom. The molecule has 9 nitrogen and oxygen atoms in total. The lowest BCUT2D eigenvalue weighted by Crippen LogP contribution is -2.41. The molecular formula is C37H38N6O3. The van der Waals surface area contributed by atoms with Crippen LogP contribution in [0.15, 0.2) is 54.6 Å². The van der Waals surface area contributed by atoms with Crippen LogP contribution in [0.25, 0.3) is 44.6 Å². The molecular weight excluding hydrogens is 576 g/mol. The van der Waals surface area contributed by atoms with Gasteiger partial charge in [-0.25, -0.2) is 4.98 Å². The van der Waals surface area contributed by atoms with E-state index < -0.39 is 0 Å². The topological polar surface area (TPSA) is 107 Å². The number of nitrogens with one attached hydrogen (secondary N) is 1. The van der Waals surface area contributed by atoms with Gasteiger partial charge in [-0.2, -0.15) is 0 Å². The number of aromatic nitrogens is 3. The Balaban J connectivity index is 1.14. The number of hydrogen-bond donors (Lipinski definition) is 2. The van der Waals surface area contributed by atoms with Gasteiger partial charge >= 0.3 is 0 Å². The Kier molecular flexibility index (Phi) is 6.13. The monoisotopic (exact) mass is 614 g/mol. The van der Waals surface area contributed by atoms with Crippen molar-refractivity contribution in [1.29, 1.82) is 0 Å². The Hall–Kier alpha value is -4.63. The van der Waals surface area contributed by atoms with Crippen molar-refractivity contribution in [2.24, 2.45) is 24.6 Å². The van der Waals surface area contributed by atoms with E-state index in [0.29, 0.717) is 29.6 Å². The number of imidazole rings is 1. The number of benzene rings is 3. The van der Waals surface area contributed by atoms with Crippen LogP contribution in [-0.2, 0) is 24.8 Å². The van der Waals surface area contributed by atoms with Crippen LogP contribution in [0.5, 0.6) is 5.75 Å². The number of aryl methyl sites for hydroxylation is 2. The molecule has 0 radical (unpaired) electrons. The zero-order valence-electron chi connectivity index (χ0n) is 26.3. The molecule has 3 fully saturated rings. The van der Waals surface area contributed by atoms with Crippen molar-refractivity contribution in [1.82, 2.24) is 19.0 Å². The highest BCUT2D eigenvalue weighted by Gasteiger charge is 2.47. The summed E-state index contributed by atoms with van der Waals surface area (Å²) in [6, 6.07) is 19.2. The number of likely N-dealkylation sites (tertiary alicyclic amines) is 1. The van der Waals surface area contributed by atoms with Crippen molar-refractivity contribution in [3.8, 4) is 28.4 Å². The lowest BCUT2D eigenvalue weighted by atomic mass is 9.97. The van der Waals surface area contributed by atoms with Crippen LogP contribution in [0.3, 0.4) is 0 Å². The van der Waals surface area contributed by atoms with Gasteiger partial charge in [-0.05, 0) is 91.0 Å². The Morgan fingerprint density at radius 1 is 1.02 bits per heavy atom. The molecule has 9 rings (SSSR count). The minimum Gasteiger partial charge on any atom is -0.494 e. The predicted octanol–water partition coefficient (Wildman–Crippen LogP) is 5.73. The SMILES string of the molecule is COc1cc(C(=O)N2CC3CCC2[C@@H]3N)cc2nc(-c3cc4ccc(-c5ccc6c(c5)NC(=O)CC6)cc4n3CC3CC3)n(C)c12. The van der Waals surface area contributed by atoms with Gasteiger partial charge in [-0.15, -0.1) is 0 Å². The van der Waals surface area contributed by atoms with Gasteiger partial charge in [-0.1, -0.05) is 24.3 Å². The van der Waals surface area contributed by atoms with Crippen LogP contribution >= 0.6 is 0 Å². The first-order chi connectivity index (χ1) is 22.4. The molecule has 2 aliphatic heterocycles. The van der Waals surface area contributed by atoms with Crippen LogP contribution in [0.4, 0.5) is 5.69 Å². The van der Waals surface area contributed by atoms with Gasteiger partial charge in [0.1, 0.15) is 11.3 Å². The second kappa shape index (κ2) is 10.2. The minimum atomic E-state index is 0.00664. The highest BCUT2D eigenvalue weighted by molar-refractivity contribution is 6.01. The van der Waals surface area contributed by atoms with Crippen LogP contribution in [0.1, 0.15) is 48.0 Å². The molecule has 3 atom stereocenters. The van der Waals surface area contributed by atoms with Gasteiger partial charge in [0.25, 0.3) is 5.91 Å². The maximum Gasteiger partial charge on any atom is 0.254 e. The number of piperidine rings is 1. The average Bonchev–Trinajstić information content (AvgIpc) is 3.47. The first-order valence-electron chi connectivity index (χ1n) is 16.5. The number of ether oxygens (including phenoxy) is 1. The van der Waals surface area contributed by atoms with Gasteiger partial charge < -0.3 is 29.8 Å². The van der Waals surface area contributed by atoms with E-state index in [-0.39, 0.29) is 23.9 Å². The Bertz CT molecular complexity index is 2090. The molecule has 4 aliphatic rings. The molecule has 2 aromatic heterocycles. The fourth-order valence-electron chi connectivity index (χ4n) is 8.19. The second-order valence-electron chi connectivity index (χ2n) is 13.8. The quantitative estimate of drug-likeness (QED) is 0.254. The molecule has 46 heavy (non-hydrogen) atoms. The van der Waals surface area contributed by atoms with Crippen molar-refractivity contribution in [3.63, 3.8) is 0 Å². The Labute approximate surface area is 267 Å². The molecule has 5 aromatic rings. The van der Waals surface area contributed by atoms with Gasteiger partial charge in [0.05, 0.1) is 18.3 Å². The van der Waals surface area contributed by atoms with Gasteiger partial charge in [0.2, 0.25) is 5.91 Å². The first kappa shape index (κ1) is 27.7. The summed E-state index contributed by atoms with van der Waals surface area (Å²) in [5.41, 5.74) is 15.1. The molecule has 234 valence electrons. The van der Waals surface area contributed by atoms with E-state index in [1.807, 2.05) is 24.1 Å². The van der Waals surface area contributed by atoms with Gasteiger partial charge in [-0.3, -0.25) is 9.59 Å². The van der Waals surface area contributed by atoms with Gasteiger partial charge in [0, 0.05) is 60.8 Å². The number of amides is 2. The molecule has 2 amide bonds. The smallest absolute Gasteiger partial charge is 0.254 e. The normalized spacial score (nSPS) is 22.1. The zero-order valence-corrected chi connectivity index (χ0v) is 26.3. The number of fused-ring (bicyclic) bond motifs is 5. The molecule has 2 bridgehead atoms. The number of carbonyl (C=O) groups is 2. The molecule has 2 aliphatic carbocycles. The van der Waals surface area contributed by atoms with E-state index in [2.05, 4.69) is 56.9 Å². The molecule has 4 heterocycles. The van der Waals surface area contributed by atoms with E-state index in [1.54, 1.807) is 7.11 Å². The number of hydrogen-bond acceptors (Lipinski definition) is 5. The maximum absolute atomic E-state index is 13.8. The minimum absolute atomic E-state index is 0.00664. The number of methoxy groups -OCH3 is 1. The van der Waals surface area contributed by atoms with E-state index in [9.17, 15) is 9.59 Å². The maximum atomic E-state index is 13.8. The molecule has 2 saturated carbocycles. The highest BCUT2D eigenvalue weighted by Crippen LogP contribution is 2.41. The largest absolute Gasteiger partial charge is 0.494 e. The third kappa shape index (κ3) is 4.28. The first-order valence-corrected chi connectivity index (χ1v) is 16.5. The van der Waals surface area contributed by atoms with E-state index in [1.165, 1.54) is 18.4 Å². The number of nitrogens with zero attached hydrogens (tertiary/aromatic N) is 4. The lowest BCUT2D eigenvalue weighted by Gasteiger charge is -2.27. The third-order valence-corrected chi connectivity index (χ3v) is 10.9. The molecule has 1 saturated heterocycles. The molecule has 2 unspecified atom stereocenters. The number of carbonyl (C=O) groups excluding carboxylic acids is 2. The summed E-state index contributed by atoms with van der Waals surface area (Å²) in [5.74, 6) is 2.60. The fraction of sp³-hybridized carbons (Fsp3) is 0.378. The number of rotatable bonds is 6. The predicted molar refractivity (Wildman–Crippen MR) is 179 cm³/mol. The zero-order chi connectivity index (χ0) is 31.3. The van der Waals surface area contributed by atoms with Crippen LogP contribution < -0.4 is 15.8 Å². The van der Waals surface area contributed by atoms with E-state index >= 15 is 0 Å². The fourth-order valence-corrected chi connectivity index (χ4v) is 8.19. The molecule has 0 spiro atoms. The van der Waals surface area contributed by atoms with Crippen molar-refractivity contribution in [3.05, 3.63) is 65.7 Å². The van der Waals surface area contributed by atoms with Crippen molar-refractivity contribution < 1.29 is 14.3 Å². The summed E-state index contributed by atoms with van der Waals surface area (Å²) in [7, 11) is 3.68. The summed E-state index contributed by atoms with van der Waals surface area (Å²) < 4.78 is 10.4. The number of anilines is 1. The third-order valence-electron chi connectivity index (χ3n) is 10.9. The lowest BCUT2D eigenvalue weighted by molar-refractivity contribution is -0.116. The van der Waals surface area contributed by atoms with E-state index in [0.717, 1.165) is 82.6 Å². The molecule has 9 heteroatoms. The van der Waals surface area contributed by atoms with Gasteiger partial charge in [0.15, 0.2) is 5.82 Å². The summed E-state index contributed by atoms with van der Waals surface area (Å²) in [5, 5.41) is 4.20. The highest BCUT2D eigenvalue weighted by atomic mass is 16.5. The van der Waals surface area contributed by atoms with E-state index in [4.69, 9.17) is 15.5 Å². The molecule has 3 N–H and O–H groups in total. The summed E-state index contributed by atoms with van der Waals surface area (Å²) >= 11 is 0. The van der Waals surface area contributed by atoms with Crippen molar-refractivity contribution in [2.45, 2.75) is 57.2 Å². The van der Waals surface area contributed by atoms with Crippen LogP contribution in [0.2, 0.25) is 0 Å². The van der Waals surface area contributed by atoms with Crippen molar-refractivity contribution in [2.75, 3.05) is 19.0 Å². The molecule has 3 aromatic carbocycles. The van der Waals surface area contributed by atoms with Crippen LogP contribution in [-0.4, -0.2) is 56.6 Å². The standard InChI is InChI=1S/C37H38N6O3/c1-41-35-28(14-26(17-32(35)46-2)37(45)43-19-25-9-11-29(43)34(25)38)40-36(41)31-16-24-8-7-23(15-30(24)42(31)18-20-3-4-20)22-6-5-21-10-12-33(44)39-27(21)13-22/h5-8,13-17,20,25,29,34H,3-4,9-12,18-19,38H2,1-2H3,(H,39,44)/t25?,29?,34-/m1/s1. The average molecular weight is 615 g/mol.